The Morgan fingerprint density at radius 2 is 1.73 bits per heavy atom. The van der Waals surface area contributed by atoms with Crippen molar-refractivity contribution in [1.29, 1.82) is 0 Å². The van der Waals surface area contributed by atoms with E-state index >= 15 is 0 Å². The average Bonchev–Trinajstić information content (AvgIpc) is 4.13. The maximum absolute atomic E-state index is 12.7. The van der Waals surface area contributed by atoms with Crippen LogP contribution < -0.4 is 25.1 Å². The van der Waals surface area contributed by atoms with Crippen LogP contribution in [0.5, 0.6) is 17.2 Å². The van der Waals surface area contributed by atoms with Gasteiger partial charge in [-0.15, -0.1) is 0 Å². The molecule has 3 aliphatic heterocycles. The largest absolute Gasteiger partial charge is 0.493 e. The fourth-order valence-corrected chi connectivity index (χ4v) is 9.94. The molecule has 8 atom stereocenters. The van der Waals surface area contributed by atoms with E-state index in [-0.39, 0.29) is 39.8 Å². The number of para-hydroxylation sites is 1. The van der Waals surface area contributed by atoms with Crippen molar-refractivity contribution in [1.82, 2.24) is 54.5 Å². The number of methoxy groups -OCH3 is 2. The lowest BCUT2D eigenvalue weighted by atomic mass is 9.82. The Morgan fingerprint density at radius 3 is 2.38 bits per heavy atom. The minimum atomic E-state index is -4.64. The van der Waals surface area contributed by atoms with Gasteiger partial charge in [-0.2, -0.15) is 13.9 Å². The second-order valence-electron chi connectivity index (χ2n) is 16.9. The van der Waals surface area contributed by atoms with Crippen molar-refractivity contribution in [2.24, 2.45) is 7.05 Å². The number of halogens is 2. The van der Waals surface area contributed by atoms with E-state index in [0.717, 1.165) is 23.7 Å². The normalized spacial score (nSPS) is 22.1. The summed E-state index contributed by atoms with van der Waals surface area (Å²) >= 11 is 0. The predicted molar refractivity (Wildman–Crippen MR) is 256 cm³/mol. The number of imidazole rings is 2. The number of aliphatic hydroxyl groups excluding tert-OH is 3. The van der Waals surface area contributed by atoms with Crippen molar-refractivity contribution < 1.29 is 71.3 Å². The van der Waals surface area contributed by atoms with E-state index < -0.39 is 61.9 Å². The van der Waals surface area contributed by atoms with Crippen molar-refractivity contribution in [3.63, 3.8) is 0 Å². The Balaban J connectivity index is 0.000000154. The average molecular weight is 1060 g/mol. The molecular weight excluding hydrogens is 1010 g/mol. The molecule has 0 radical (unpaired) electrons. The molecule has 2 bridgehead atoms. The first kappa shape index (κ1) is 54.4. The summed E-state index contributed by atoms with van der Waals surface area (Å²) in [7, 11) is 0.891. The first-order chi connectivity index (χ1) is 34.8. The molecular formula is C44H54F2N11O14PS. The van der Waals surface area contributed by atoms with Gasteiger partial charge >= 0.3 is 14.4 Å². The van der Waals surface area contributed by atoms with Crippen LogP contribution in [0.2, 0.25) is 0 Å². The van der Waals surface area contributed by atoms with E-state index in [1.54, 1.807) is 10.7 Å². The van der Waals surface area contributed by atoms with Gasteiger partial charge in [0.25, 0.3) is 11.5 Å². The lowest BCUT2D eigenvalue weighted by Crippen LogP contribution is -2.55. The third-order valence-electron chi connectivity index (χ3n) is 12.3. The molecule has 1 amide bonds. The number of fused-ring (bicyclic) bond motifs is 5. The number of carbonyl (C=O) groups excluding carboxylic acids is 1. The number of aromatic amines is 2. The molecule has 9 N–H and O–H groups in total. The molecule has 3 saturated heterocycles. The van der Waals surface area contributed by atoms with Crippen LogP contribution in [0.4, 0.5) is 8.78 Å². The molecule has 3 aliphatic rings. The molecule has 2 aromatic carbocycles. The molecule has 73 heavy (non-hydrogen) atoms. The number of carbonyl (C=O) groups is 1. The molecule has 8 heterocycles. The molecule has 0 spiro atoms. The van der Waals surface area contributed by atoms with Gasteiger partial charge in [-0.25, -0.2) is 19.5 Å². The lowest BCUT2D eigenvalue weighted by Gasteiger charge is -2.47. The van der Waals surface area contributed by atoms with E-state index in [1.165, 1.54) is 75.1 Å². The zero-order valence-electron chi connectivity index (χ0n) is 39.6. The summed E-state index contributed by atoms with van der Waals surface area (Å²) in [4.78, 5) is 69.8. The van der Waals surface area contributed by atoms with Crippen molar-refractivity contribution in [3.8, 4) is 17.2 Å². The number of ether oxygens (including phenoxy) is 4. The number of hydrogen-bond donors (Lipinski definition) is 9. The highest BCUT2D eigenvalue weighted by atomic mass is 32.2. The third-order valence-corrected chi connectivity index (χ3v) is 13.5. The van der Waals surface area contributed by atoms with Gasteiger partial charge in [-0.3, -0.25) is 28.0 Å². The summed E-state index contributed by atoms with van der Waals surface area (Å²) in [6, 6.07) is 15.3. The SMILES string of the molecule is CN1[C@@H]2CCC[C@H]1CC(NC(=O)c1nn(C)c3ccccc13)C2.COc1ccnc(CS(=O)c2nc3ccc(OC(F)F)cc3[nH]2)c1OC.O=P(O)(O)O.O=c1[nH]cnc2c1ncn2[C@@H]1O[C@H](CO)[C@@H](O)[C@H]1O. The van der Waals surface area contributed by atoms with Gasteiger partial charge in [0.1, 0.15) is 24.1 Å². The maximum atomic E-state index is 12.7. The quantitative estimate of drug-likeness (QED) is 0.0837. The number of rotatable bonds is 11. The van der Waals surface area contributed by atoms with Gasteiger partial charge in [0.2, 0.25) is 0 Å². The van der Waals surface area contributed by atoms with Crippen molar-refractivity contribution >= 4 is 57.6 Å². The van der Waals surface area contributed by atoms with E-state index in [0.29, 0.717) is 46.0 Å². The molecule has 29 heteroatoms. The van der Waals surface area contributed by atoms with E-state index in [1.807, 2.05) is 31.3 Å². The number of alkyl halides is 2. The number of aliphatic hydroxyl groups is 3. The molecule has 7 aromatic rings. The van der Waals surface area contributed by atoms with E-state index in [9.17, 15) is 32.8 Å². The minimum absolute atomic E-state index is 0.00962. The summed E-state index contributed by atoms with van der Waals surface area (Å²) in [5.74, 6) is 0.875. The van der Waals surface area contributed by atoms with Crippen LogP contribution in [0, 0.1) is 0 Å². The number of phosphoric acid groups is 1. The molecule has 394 valence electrons. The Kier molecular flexibility index (Phi) is 17.7. The molecule has 2 unspecified atom stereocenters. The van der Waals surface area contributed by atoms with Crippen molar-refractivity contribution in [2.75, 3.05) is 27.9 Å². The van der Waals surface area contributed by atoms with Crippen molar-refractivity contribution in [3.05, 3.63) is 89.1 Å². The van der Waals surface area contributed by atoms with Crippen LogP contribution in [-0.2, 0) is 32.9 Å². The Hall–Kier alpha value is -6.33. The van der Waals surface area contributed by atoms with Crippen LogP contribution >= 0.6 is 7.82 Å². The van der Waals surface area contributed by atoms with Gasteiger partial charge in [0.15, 0.2) is 39.7 Å². The zero-order chi connectivity index (χ0) is 52.7. The van der Waals surface area contributed by atoms with Crippen LogP contribution in [0.1, 0.15) is 54.5 Å². The second kappa shape index (κ2) is 23.7. The zero-order valence-corrected chi connectivity index (χ0v) is 41.3. The highest BCUT2D eigenvalue weighted by Crippen LogP contribution is 2.34. The first-order valence-electron chi connectivity index (χ1n) is 22.4. The standard InChI is InChI=1S/C18H24N4O.C16H15F2N3O4S.C10H12N4O5.H3O4P/c1-21-13-6-5-7-14(21)11-12(10-13)19-18(23)17-15-8-3-4-9-16(15)22(2)20-17;1-23-13-5-6-19-12(14(13)24-2)8-26(22)16-20-10-4-3-9(25-15(17)18)7-11(10)21-16;15-1-4-6(16)7(17)10(19-4)14-3-13-5-8(14)11-2-12-9(5)18;1-5(2,3)4/h3-4,8-9,12-14H,5-7,10-11H2,1-2H3,(H,19,23);3-7,15H,8H2,1-2H3,(H,20,21);2-4,6-7,10,15-17H,1H2,(H,11,12,18);(H3,1,2,3,4)/t12?,13-,14+;;4-,6-,7-,10-;/m..1./s1. The topological polar surface area (TPSA) is 348 Å². The number of nitrogens with one attached hydrogen (secondary N) is 3. The van der Waals surface area contributed by atoms with Gasteiger partial charge in [0, 0.05) is 48.9 Å². The monoisotopic (exact) mass is 1060 g/mol. The van der Waals surface area contributed by atoms with E-state index in [2.05, 4.69) is 57.0 Å². The van der Waals surface area contributed by atoms with Gasteiger partial charge in [0.05, 0.1) is 72.3 Å². The van der Waals surface area contributed by atoms with Crippen LogP contribution in [-0.4, -0.2) is 160 Å². The molecule has 3 fully saturated rings. The highest BCUT2D eigenvalue weighted by molar-refractivity contribution is 7.84. The second-order valence-corrected chi connectivity index (χ2v) is 19.3. The van der Waals surface area contributed by atoms with Crippen LogP contribution in [0.25, 0.3) is 33.1 Å². The number of H-pyrrole nitrogens is 2. The molecule has 0 aliphatic carbocycles. The highest BCUT2D eigenvalue weighted by Gasteiger charge is 2.44. The lowest BCUT2D eigenvalue weighted by molar-refractivity contribution is -0.0511. The number of pyridine rings is 1. The number of piperidine rings is 2. The molecule has 10 rings (SSSR count). The summed E-state index contributed by atoms with van der Waals surface area (Å²) in [6.07, 6.45) is 5.70. The number of aromatic nitrogens is 9. The number of aryl methyl sites for hydroxylation is 1. The summed E-state index contributed by atoms with van der Waals surface area (Å²) in [5, 5.41) is 37.5. The summed E-state index contributed by atoms with van der Waals surface area (Å²) in [6.45, 7) is -3.34. The minimum Gasteiger partial charge on any atom is -0.493 e. The van der Waals surface area contributed by atoms with E-state index in [4.69, 9.17) is 38.6 Å². The first-order valence-corrected chi connectivity index (χ1v) is 25.3. The smallest absolute Gasteiger partial charge is 0.466 e. The maximum Gasteiger partial charge on any atom is 0.466 e. The molecule has 0 saturated carbocycles. The fraction of sp³-hybridized carbons (Fsp3) is 0.432. The summed E-state index contributed by atoms with van der Waals surface area (Å²) < 4.78 is 69.4. The Bertz CT molecular complexity index is 3130. The van der Waals surface area contributed by atoms with Crippen molar-refractivity contribution in [2.45, 2.75) is 92.3 Å². The molecule has 5 aromatic heterocycles. The Labute approximate surface area is 415 Å². The summed E-state index contributed by atoms with van der Waals surface area (Å²) in [5.41, 5.74) is 2.87. The number of benzene rings is 2. The third kappa shape index (κ3) is 13.1. The molecule has 25 nitrogen and oxygen atoms in total. The van der Waals surface area contributed by atoms with Gasteiger partial charge in [-0.05, 0) is 50.9 Å². The fourth-order valence-electron chi connectivity index (χ4n) is 8.92. The van der Waals surface area contributed by atoms with Gasteiger partial charge in [-0.1, -0.05) is 24.6 Å². The van der Waals surface area contributed by atoms with Gasteiger partial charge < -0.3 is 69.1 Å². The number of nitrogens with zero attached hydrogens (tertiary/aromatic N) is 8. The predicted octanol–water partition coefficient (Wildman–Crippen LogP) is 2.01. The van der Waals surface area contributed by atoms with Crippen LogP contribution in [0.3, 0.4) is 0 Å². The van der Waals surface area contributed by atoms with Crippen LogP contribution in [0.15, 0.2) is 77.3 Å². The Morgan fingerprint density at radius 1 is 1.01 bits per heavy atom. The number of amides is 1. The number of hydrogen-bond acceptors (Lipinski definition) is 17.